The second kappa shape index (κ2) is 6.94. The molecular formula is C16H15F3N2O4S. The number of nitro groups is 1. The molecule has 140 valence electrons. The van der Waals surface area contributed by atoms with Crippen LogP contribution in [-0.2, 0) is 22.6 Å². The summed E-state index contributed by atoms with van der Waals surface area (Å²) in [6, 6.07) is 8.30. The van der Waals surface area contributed by atoms with Gasteiger partial charge in [0.15, 0.2) is 9.84 Å². The Labute approximate surface area is 147 Å². The summed E-state index contributed by atoms with van der Waals surface area (Å²) in [5.74, 6) is 0. The Kier molecular flexibility index (Phi) is 5.26. The maximum absolute atomic E-state index is 12.8. The van der Waals surface area contributed by atoms with Crippen molar-refractivity contribution >= 4 is 21.2 Å². The highest BCUT2D eigenvalue weighted by atomic mass is 32.2. The highest BCUT2D eigenvalue weighted by molar-refractivity contribution is 7.90. The first kappa shape index (κ1) is 19.7. The van der Waals surface area contributed by atoms with E-state index in [1.54, 1.807) is 7.05 Å². The van der Waals surface area contributed by atoms with Gasteiger partial charge < -0.3 is 4.90 Å². The first-order valence-corrected chi connectivity index (χ1v) is 9.14. The van der Waals surface area contributed by atoms with E-state index in [1.807, 2.05) is 0 Å². The highest BCUT2D eigenvalue weighted by Gasteiger charge is 2.30. The average Bonchev–Trinajstić information content (AvgIpc) is 2.52. The molecule has 0 heterocycles. The van der Waals surface area contributed by atoms with Crippen LogP contribution in [0.1, 0.15) is 11.1 Å². The Morgan fingerprint density at radius 1 is 1.15 bits per heavy atom. The first-order valence-electron chi connectivity index (χ1n) is 7.25. The van der Waals surface area contributed by atoms with Gasteiger partial charge in [-0.2, -0.15) is 13.2 Å². The topological polar surface area (TPSA) is 80.5 Å². The minimum Gasteiger partial charge on any atom is -0.370 e. The number of nitrogens with zero attached hydrogens (tertiary/aromatic N) is 2. The molecule has 2 aromatic carbocycles. The molecule has 0 aliphatic heterocycles. The lowest BCUT2D eigenvalue weighted by Gasteiger charge is -2.20. The number of rotatable bonds is 5. The minimum absolute atomic E-state index is 0.0604. The fourth-order valence-electron chi connectivity index (χ4n) is 2.40. The predicted molar refractivity (Wildman–Crippen MR) is 89.8 cm³/mol. The van der Waals surface area contributed by atoms with E-state index in [9.17, 15) is 31.7 Å². The van der Waals surface area contributed by atoms with Gasteiger partial charge in [0.2, 0.25) is 0 Å². The molecule has 0 bridgehead atoms. The molecule has 2 aromatic rings. The Hall–Kier alpha value is -2.62. The van der Waals surface area contributed by atoms with Gasteiger partial charge in [-0.3, -0.25) is 10.1 Å². The van der Waals surface area contributed by atoms with Crippen molar-refractivity contribution in [3.8, 4) is 0 Å². The molecule has 0 saturated carbocycles. The molecular weight excluding hydrogens is 373 g/mol. The lowest BCUT2D eigenvalue weighted by Crippen LogP contribution is -2.17. The van der Waals surface area contributed by atoms with Crippen molar-refractivity contribution in [2.75, 3.05) is 18.2 Å². The van der Waals surface area contributed by atoms with Crippen molar-refractivity contribution in [1.29, 1.82) is 0 Å². The molecule has 0 atom stereocenters. The van der Waals surface area contributed by atoms with Crippen molar-refractivity contribution in [1.82, 2.24) is 0 Å². The number of nitro benzene ring substituents is 1. The van der Waals surface area contributed by atoms with Crippen molar-refractivity contribution in [2.45, 2.75) is 17.6 Å². The van der Waals surface area contributed by atoms with Gasteiger partial charge in [-0.25, -0.2) is 8.42 Å². The molecule has 10 heteroatoms. The van der Waals surface area contributed by atoms with Crippen LogP contribution in [0.25, 0.3) is 0 Å². The van der Waals surface area contributed by atoms with Crippen LogP contribution in [0.15, 0.2) is 47.4 Å². The maximum Gasteiger partial charge on any atom is 0.416 e. The third kappa shape index (κ3) is 4.51. The molecule has 2 rings (SSSR count). The van der Waals surface area contributed by atoms with Gasteiger partial charge in [0.25, 0.3) is 5.69 Å². The summed E-state index contributed by atoms with van der Waals surface area (Å²) in [4.78, 5) is 11.3. The number of benzene rings is 2. The van der Waals surface area contributed by atoms with E-state index >= 15 is 0 Å². The predicted octanol–water partition coefficient (Wildman–Crippen LogP) is 3.65. The van der Waals surface area contributed by atoms with Crippen LogP contribution in [0.4, 0.5) is 24.5 Å². The SMILES string of the molecule is CN(Cc1cccc(C(F)(F)F)c1)c1ccc([N+](=O)[O-])c(S(C)(=O)=O)c1. The Bertz CT molecular complexity index is 943. The quantitative estimate of drug-likeness (QED) is 0.577. The van der Waals surface area contributed by atoms with Crippen LogP contribution < -0.4 is 4.90 Å². The van der Waals surface area contributed by atoms with Gasteiger partial charge in [0, 0.05) is 31.6 Å². The number of hydrogen-bond donors (Lipinski definition) is 0. The van der Waals surface area contributed by atoms with Gasteiger partial charge >= 0.3 is 6.18 Å². The van der Waals surface area contributed by atoms with Gasteiger partial charge in [-0.05, 0) is 29.8 Å². The second-order valence-corrected chi connectivity index (χ2v) is 7.72. The molecule has 0 saturated heterocycles. The van der Waals surface area contributed by atoms with E-state index in [2.05, 4.69) is 0 Å². The first-order chi connectivity index (χ1) is 11.9. The van der Waals surface area contributed by atoms with Crippen LogP contribution in [-0.4, -0.2) is 26.6 Å². The fourth-order valence-corrected chi connectivity index (χ4v) is 3.26. The van der Waals surface area contributed by atoms with E-state index in [0.29, 0.717) is 11.3 Å². The smallest absolute Gasteiger partial charge is 0.370 e. The van der Waals surface area contributed by atoms with Crippen LogP contribution in [0, 0.1) is 10.1 Å². The van der Waals surface area contributed by atoms with Crippen LogP contribution >= 0.6 is 0 Å². The van der Waals surface area contributed by atoms with Crippen molar-refractivity contribution < 1.29 is 26.5 Å². The van der Waals surface area contributed by atoms with Crippen molar-refractivity contribution in [2.24, 2.45) is 0 Å². The second-order valence-electron chi connectivity index (χ2n) is 5.74. The van der Waals surface area contributed by atoms with Gasteiger partial charge in [-0.15, -0.1) is 0 Å². The van der Waals surface area contributed by atoms with E-state index in [4.69, 9.17) is 0 Å². The zero-order valence-corrected chi connectivity index (χ0v) is 14.6. The van der Waals surface area contributed by atoms with Gasteiger partial charge in [0.05, 0.1) is 10.5 Å². The summed E-state index contributed by atoms with van der Waals surface area (Å²) in [5.41, 5.74) is -0.650. The van der Waals surface area contributed by atoms with E-state index in [1.165, 1.54) is 23.1 Å². The highest BCUT2D eigenvalue weighted by Crippen LogP contribution is 2.31. The largest absolute Gasteiger partial charge is 0.416 e. The number of hydrogen-bond acceptors (Lipinski definition) is 5. The average molecular weight is 388 g/mol. The molecule has 26 heavy (non-hydrogen) atoms. The minimum atomic E-state index is -4.47. The molecule has 0 amide bonds. The lowest BCUT2D eigenvalue weighted by atomic mass is 10.1. The monoisotopic (exact) mass is 388 g/mol. The van der Waals surface area contributed by atoms with Crippen LogP contribution in [0.5, 0.6) is 0 Å². The fraction of sp³-hybridized carbons (Fsp3) is 0.250. The van der Waals surface area contributed by atoms with Gasteiger partial charge in [-0.1, -0.05) is 12.1 Å². The molecule has 0 aliphatic rings. The zero-order chi connectivity index (χ0) is 19.7. The lowest BCUT2D eigenvalue weighted by molar-refractivity contribution is -0.387. The molecule has 0 N–H and O–H groups in total. The molecule has 0 aliphatic carbocycles. The number of alkyl halides is 3. The summed E-state index contributed by atoms with van der Waals surface area (Å²) in [5, 5.41) is 11.0. The van der Waals surface area contributed by atoms with E-state index < -0.39 is 37.1 Å². The van der Waals surface area contributed by atoms with Crippen molar-refractivity contribution in [3.63, 3.8) is 0 Å². The molecule has 0 unspecified atom stereocenters. The standard InChI is InChI=1S/C16H15F3N2O4S/c1-20(10-11-4-3-5-12(8-11)16(17,18)19)13-6-7-14(21(22)23)15(9-13)26(2,24)25/h3-9H,10H2,1-2H3. The van der Waals surface area contributed by atoms with Crippen LogP contribution in [0.2, 0.25) is 0 Å². The summed E-state index contributed by atoms with van der Waals surface area (Å²) in [6.45, 7) is 0.0604. The number of halogens is 3. The summed E-state index contributed by atoms with van der Waals surface area (Å²) in [7, 11) is -2.30. The molecule has 6 nitrogen and oxygen atoms in total. The number of sulfone groups is 1. The molecule has 0 fully saturated rings. The molecule has 0 radical (unpaired) electrons. The Balaban J connectivity index is 2.36. The maximum atomic E-state index is 12.8. The Morgan fingerprint density at radius 3 is 2.35 bits per heavy atom. The summed E-state index contributed by atoms with van der Waals surface area (Å²) in [6.07, 6.45) is -3.61. The van der Waals surface area contributed by atoms with Gasteiger partial charge in [0.1, 0.15) is 4.90 Å². The van der Waals surface area contributed by atoms with E-state index in [0.717, 1.165) is 30.5 Å². The third-order valence-corrected chi connectivity index (χ3v) is 4.78. The Morgan fingerprint density at radius 2 is 1.81 bits per heavy atom. The summed E-state index contributed by atoms with van der Waals surface area (Å²) >= 11 is 0. The third-order valence-electron chi connectivity index (χ3n) is 3.65. The summed E-state index contributed by atoms with van der Waals surface area (Å²) < 4.78 is 62.0. The normalized spacial score (nSPS) is 12.0. The molecule has 0 spiro atoms. The zero-order valence-electron chi connectivity index (χ0n) is 13.8. The molecule has 0 aromatic heterocycles. The van der Waals surface area contributed by atoms with E-state index in [-0.39, 0.29) is 6.54 Å². The number of anilines is 1. The van der Waals surface area contributed by atoms with Crippen molar-refractivity contribution in [3.05, 3.63) is 63.7 Å². The van der Waals surface area contributed by atoms with Crippen LogP contribution in [0.3, 0.4) is 0 Å².